The molecule has 0 saturated carbocycles. The van der Waals surface area contributed by atoms with Crippen molar-refractivity contribution >= 4 is 49.7 Å². The number of aryl methyl sites for hydroxylation is 2. The maximum atomic E-state index is 13.0. The van der Waals surface area contributed by atoms with Crippen LogP contribution in [0.5, 0.6) is 0 Å². The van der Waals surface area contributed by atoms with Crippen molar-refractivity contribution in [1.29, 1.82) is 0 Å². The molecule has 9 heteroatoms. The Balaban J connectivity index is 1.43. The number of rotatable bonds is 5. The Kier molecular flexibility index (Phi) is 6.60. The molecule has 5 nitrogen and oxygen atoms in total. The molecule has 0 bridgehead atoms. The highest BCUT2D eigenvalue weighted by molar-refractivity contribution is 7.89. The fraction of sp³-hybridized carbons (Fsp3) is 0.318. The molecule has 31 heavy (non-hydrogen) atoms. The molecule has 0 atom stereocenters. The van der Waals surface area contributed by atoms with Gasteiger partial charge in [0.25, 0.3) is 0 Å². The van der Waals surface area contributed by atoms with E-state index in [0.717, 1.165) is 17.2 Å². The Labute approximate surface area is 197 Å². The molecule has 0 unspecified atom stereocenters. The minimum atomic E-state index is -3.64. The lowest BCUT2D eigenvalue weighted by Crippen LogP contribution is -2.48. The zero-order valence-corrected chi connectivity index (χ0v) is 20.5. The van der Waals surface area contributed by atoms with E-state index in [1.807, 2.05) is 0 Å². The van der Waals surface area contributed by atoms with Crippen LogP contribution >= 0.6 is 34.5 Å². The van der Waals surface area contributed by atoms with E-state index >= 15 is 0 Å². The number of piperazine rings is 1. The van der Waals surface area contributed by atoms with Crippen molar-refractivity contribution in [3.63, 3.8) is 0 Å². The van der Waals surface area contributed by atoms with E-state index in [9.17, 15) is 8.42 Å². The van der Waals surface area contributed by atoms with E-state index in [1.54, 1.807) is 11.3 Å². The van der Waals surface area contributed by atoms with Gasteiger partial charge in [-0.15, -0.1) is 11.3 Å². The van der Waals surface area contributed by atoms with Gasteiger partial charge in [0, 0.05) is 48.0 Å². The van der Waals surface area contributed by atoms with Crippen LogP contribution in [-0.2, 0) is 16.4 Å². The van der Waals surface area contributed by atoms with Gasteiger partial charge in [0.15, 0.2) is 5.13 Å². The Morgan fingerprint density at radius 3 is 2.35 bits per heavy atom. The van der Waals surface area contributed by atoms with Crippen LogP contribution in [0.15, 0.2) is 46.7 Å². The fourth-order valence-electron chi connectivity index (χ4n) is 3.65. The number of nitrogens with zero attached hydrogens (tertiary/aromatic N) is 3. The van der Waals surface area contributed by atoms with Crippen molar-refractivity contribution in [2.45, 2.75) is 25.2 Å². The summed E-state index contributed by atoms with van der Waals surface area (Å²) in [5.74, 6) is 0. The topological polar surface area (TPSA) is 53.5 Å². The third-order valence-electron chi connectivity index (χ3n) is 5.40. The summed E-state index contributed by atoms with van der Waals surface area (Å²) in [7, 11) is -3.64. The van der Waals surface area contributed by atoms with Crippen LogP contribution in [0.3, 0.4) is 0 Å². The second-order valence-electron chi connectivity index (χ2n) is 7.72. The van der Waals surface area contributed by atoms with Crippen LogP contribution < -0.4 is 4.90 Å². The Morgan fingerprint density at radius 2 is 1.68 bits per heavy atom. The van der Waals surface area contributed by atoms with Crippen LogP contribution in [-0.4, -0.2) is 43.9 Å². The Bertz CT molecular complexity index is 1180. The Morgan fingerprint density at radius 1 is 1.00 bits per heavy atom. The molecular formula is C22H23Cl2N3O2S2. The number of sulfonamides is 1. The number of hydrogen-bond acceptors (Lipinski definition) is 5. The molecule has 2 heterocycles. The molecule has 1 aliphatic rings. The normalized spacial score (nSPS) is 15.4. The van der Waals surface area contributed by atoms with E-state index in [0.29, 0.717) is 36.2 Å². The van der Waals surface area contributed by atoms with Crippen molar-refractivity contribution in [1.82, 2.24) is 9.29 Å². The van der Waals surface area contributed by atoms with E-state index in [-0.39, 0.29) is 4.90 Å². The van der Waals surface area contributed by atoms with Crippen molar-refractivity contribution in [2.24, 2.45) is 0 Å². The summed E-state index contributed by atoms with van der Waals surface area (Å²) in [6.07, 6.45) is 0.799. The van der Waals surface area contributed by atoms with Crippen LogP contribution in [0.25, 0.3) is 0 Å². The molecule has 0 aliphatic carbocycles. The number of anilines is 1. The maximum absolute atomic E-state index is 13.0. The fourth-order valence-corrected chi connectivity index (χ4v) is 6.68. The van der Waals surface area contributed by atoms with Gasteiger partial charge < -0.3 is 4.90 Å². The maximum Gasteiger partial charge on any atom is 0.243 e. The zero-order valence-electron chi connectivity index (χ0n) is 17.3. The first-order valence-electron chi connectivity index (χ1n) is 9.94. The zero-order chi connectivity index (χ0) is 22.2. The molecule has 1 aliphatic heterocycles. The molecule has 0 radical (unpaired) electrons. The smallest absolute Gasteiger partial charge is 0.243 e. The lowest BCUT2D eigenvalue weighted by molar-refractivity contribution is 0.384. The monoisotopic (exact) mass is 495 g/mol. The average Bonchev–Trinajstić information content (AvgIpc) is 3.19. The Hall–Kier alpha value is -1.64. The number of hydrogen-bond donors (Lipinski definition) is 0. The summed E-state index contributed by atoms with van der Waals surface area (Å²) in [6, 6.07) is 10.9. The summed E-state index contributed by atoms with van der Waals surface area (Å²) in [5.41, 5.74) is 4.83. The third kappa shape index (κ3) is 5.07. The van der Waals surface area contributed by atoms with Gasteiger partial charge in [-0.3, -0.25) is 0 Å². The van der Waals surface area contributed by atoms with Gasteiger partial charge >= 0.3 is 0 Å². The van der Waals surface area contributed by atoms with E-state index in [2.05, 4.69) is 42.3 Å². The summed E-state index contributed by atoms with van der Waals surface area (Å²) < 4.78 is 27.4. The SMILES string of the molecule is Cc1ccc(C)c(Cc2csc(N3CCN(S(=O)(=O)c4cc(Cl)cc(Cl)c4)CC3)n2)c1. The highest BCUT2D eigenvalue weighted by Gasteiger charge is 2.30. The van der Waals surface area contributed by atoms with Crippen molar-refractivity contribution in [3.8, 4) is 0 Å². The van der Waals surface area contributed by atoms with Gasteiger partial charge in [0.1, 0.15) is 0 Å². The van der Waals surface area contributed by atoms with Crippen molar-refractivity contribution in [3.05, 3.63) is 74.2 Å². The van der Waals surface area contributed by atoms with Gasteiger partial charge in [-0.2, -0.15) is 4.31 Å². The number of benzene rings is 2. The summed E-state index contributed by atoms with van der Waals surface area (Å²) in [4.78, 5) is 7.09. The highest BCUT2D eigenvalue weighted by Crippen LogP contribution is 2.28. The number of thiazole rings is 1. The molecular weight excluding hydrogens is 473 g/mol. The van der Waals surface area contributed by atoms with E-state index < -0.39 is 10.0 Å². The standard InChI is InChI=1S/C22H23Cl2N3O2S2/c1-15-3-4-16(2)17(9-15)10-20-14-30-22(25-20)26-5-7-27(8-6-26)31(28,29)21-12-18(23)11-19(24)13-21/h3-4,9,11-14H,5-8,10H2,1-2H3. The molecule has 4 rings (SSSR count). The molecule has 1 fully saturated rings. The number of aromatic nitrogens is 1. The molecule has 2 aromatic carbocycles. The van der Waals surface area contributed by atoms with E-state index in [1.165, 1.54) is 39.2 Å². The van der Waals surface area contributed by atoms with Crippen LogP contribution in [0.4, 0.5) is 5.13 Å². The van der Waals surface area contributed by atoms with Crippen LogP contribution in [0.1, 0.15) is 22.4 Å². The lowest BCUT2D eigenvalue weighted by Gasteiger charge is -2.33. The largest absolute Gasteiger partial charge is 0.345 e. The summed E-state index contributed by atoms with van der Waals surface area (Å²) in [5, 5.41) is 3.64. The minimum Gasteiger partial charge on any atom is -0.345 e. The van der Waals surface area contributed by atoms with E-state index in [4.69, 9.17) is 28.2 Å². The summed E-state index contributed by atoms with van der Waals surface area (Å²) >= 11 is 13.6. The molecule has 1 saturated heterocycles. The molecule has 164 valence electrons. The predicted molar refractivity (Wildman–Crippen MR) is 128 cm³/mol. The third-order valence-corrected chi connectivity index (χ3v) is 8.66. The minimum absolute atomic E-state index is 0.128. The second-order valence-corrected chi connectivity index (χ2v) is 11.4. The van der Waals surface area contributed by atoms with Gasteiger partial charge in [-0.05, 0) is 43.2 Å². The van der Waals surface area contributed by atoms with Gasteiger partial charge in [-0.25, -0.2) is 13.4 Å². The molecule has 0 N–H and O–H groups in total. The molecule has 1 aromatic heterocycles. The van der Waals surface area contributed by atoms with Gasteiger partial charge in [0.2, 0.25) is 10.0 Å². The van der Waals surface area contributed by atoms with Crippen LogP contribution in [0, 0.1) is 13.8 Å². The molecule has 3 aromatic rings. The van der Waals surface area contributed by atoms with Gasteiger partial charge in [-0.1, -0.05) is 47.0 Å². The first-order valence-corrected chi connectivity index (χ1v) is 13.0. The second kappa shape index (κ2) is 9.08. The van der Waals surface area contributed by atoms with Crippen molar-refractivity contribution < 1.29 is 8.42 Å². The first-order chi connectivity index (χ1) is 14.7. The molecule has 0 spiro atoms. The van der Waals surface area contributed by atoms with Crippen LogP contribution in [0.2, 0.25) is 10.0 Å². The quantitative estimate of drug-likeness (QED) is 0.489. The first kappa shape index (κ1) is 22.6. The summed E-state index contributed by atoms with van der Waals surface area (Å²) in [6.45, 7) is 6.17. The highest BCUT2D eigenvalue weighted by atomic mass is 35.5. The van der Waals surface area contributed by atoms with Crippen molar-refractivity contribution in [2.75, 3.05) is 31.1 Å². The molecule has 0 amide bonds. The van der Waals surface area contributed by atoms with Gasteiger partial charge in [0.05, 0.1) is 10.6 Å². The average molecular weight is 496 g/mol. The predicted octanol–water partition coefficient (Wildman–Crippen LogP) is 5.17. The lowest BCUT2D eigenvalue weighted by atomic mass is 10.0. The number of halogens is 2.